The Morgan fingerprint density at radius 3 is 2.82 bits per heavy atom. The summed E-state index contributed by atoms with van der Waals surface area (Å²) in [7, 11) is 0. The molecule has 0 bridgehead atoms. The summed E-state index contributed by atoms with van der Waals surface area (Å²) < 4.78 is 0. The fourth-order valence-corrected chi connectivity index (χ4v) is 1.63. The third-order valence-corrected chi connectivity index (χ3v) is 2.63. The van der Waals surface area contributed by atoms with Crippen LogP contribution in [0.25, 0.3) is 10.4 Å². The molecule has 0 aliphatic carbocycles. The van der Waals surface area contributed by atoms with Gasteiger partial charge in [0.15, 0.2) is 0 Å². The van der Waals surface area contributed by atoms with Gasteiger partial charge in [-0.25, -0.2) is 4.98 Å². The average Bonchev–Trinajstić information content (AvgIpc) is 2.31. The third-order valence-electron chi connectivity index (χ3n) is 2.10. The molecule has 0 saturated carbocycles. The van der Waals surface area contributed by atoms with E-state index < -0.39 is 12.2 Å². The van der Waals surface area contributed by atoms with Crippen molar-refractivity contribution in [3.63, 3.8) is 0 Å². The summed E-state index contributed by atoms with van der Waals surface area (Å²) in [6.07, 6.45) is -0.860. The van der Waals surface area contributed by atoms with Gasteiger partial charge < -0.3 is 10.2 Å². The van der Waals surface area contributed by atoms with Crippen molar-refractivity contribution in [2.24, 2.45) is 5.11 Å². The molecule has 0 saturated heterocycles. The molecule has 0 fully saturated rings. The van der Waals surface area contributed by atoms with Crippen molar-refractivity contribution in [1.82, 2.24) is 4.98 Å². The molecule has 92 valence electrons. The van der Waals surface area contributed by atoms with Gasteiger partial charge in [0.1, 0.15) is 11.3 Å². The van der Waals surface area contributed by atoms with E-state index in [1.54, 1.807) is 0 Å². The summed E-state index contributed by atoms with van der Waals surface area (Å²) in [4.78, 5) is 6.30. The topological polar surface area (TPSA) is 102 Å². The lowest BCUT2D eigenvalue weighted by molar-refractivity contribution is 0.0149. The van der Waals surface area contributed by atoms with Crippen LogP contribution in [-0.2, 0) is 0 Å². The highest BCUT2D eigenvalue weighted by molar-refractivity contribution is 6.32. The molecule has 2 atom stereocenters. The molecule has 1 aromatic rings. The van der Waals surface area contributed by atoms with Crippen LogP contribution in [0.5, 0.6) is 0 Å². The zero-order chi connectivity index (χ0) is 12.8. The minimum Gasteiger partial charge on any atom is -0.390 e. The molecule has 1 aromatic heterocycles. The van der Waals surface area contributed by atoms with Crippen LogP contribution < -0.4 is 0 Å². The third kappa shape index (κ3) is 4.03. The van der Waals surface area contributed by atoms with Crippen molar-refractivity contribution in [2.45, 2.75) is 18.6 Å². The number of rotatable bonds is 5. The van der Waals surface area contributed by atoms with Crippen LogP contribution in [0.15, 0.2) is 17.4 Å². The molecule has 8 heteroatoms. The molecule has 0 amide bonds. The summed E-state index contributed by atoms with van der Waals surface area (Å²) in [5.41, 5.74) is 8.32. The van der Waals surface area contributed by atoms with E-state index in [2.05, 4.69) is 15.0 Å². The molecular weight excluding hydrogens is 267 g/mol. The Labute approximate surface area is 107 Å². The van der Waals surface area contributed by atoms with Gasteiger partial charge in [-0.2, -0.15) is 0 Å². The van der Waals surface area contributed by atoms with Crippen molar-refractivity contribution in [3.8, 4) is 0 Å². The largest absolute Gasteiger partial charge is 0.390 e. The lowest BCUT2D eigenvalue weighted by Gasteiger charge is -2.18. The van der Waals surface area contributed by atoms with Gasteiger partial charge in [-0.05, 0) is 18.0 Å². The summed E-state index contributed by atoms with van der Waals surface area (Å²) >= 11 is 11.5. The standard InChI is InChI=1S/C9H10Cl2N4O2/c10-5-3-6(9(11)13-4-5)8(17)7(16)1-2-14-15-12/h3-4,7-8,16-17H,1-2H2. The van der Waals surface area contributed by atoms with Gasteiger partial charge in [-0.15, -0.1) is 0 Å². The first-order valence-corrected chi connectivity index (χ1v) is 5.49. The van der Waals surface area contributed by atoms with E-state index in [4.69, 9.17) is 28.7 Å². The van der Waals surface area contributed by atoms with Gasteiger partial charge in [0.2, 0.25) is 0 Å². The molecule has 1 rings (SSSR count). The maximum Gasteiger partial charge on any atom is 0.135 e. The Bertz CT molecular complexity index is 437. The van der Waals surface area contributed by atoms with Crippen LogP contribution in [-0.4, -0.2) is 27.8 Å². The zero-order valence-corrected chi connectivity index (χ0v) is 10.2. The molecular formula is C9H10Cl2N4O2. The highest BCUT2D eigenvalue weighted by atomic mass is 35.5. The second-order valence-corrected chi connectivity index (χ2v) is 4.08. The number of hydrogen-bond donors (Lipinski definition) is 2. The highest BCUT2D eigenvalue weighted by Gasteiger charge is 2.21. The van der Waals surface area contributed by atoms with E-state index in [1.165, 1.54) is 12.3 Å². The van der Waals surface area contributed by atoms with Crippen LogP contribution in [0.3, 0.4) is 0 Å². The molecule has 0 radical (unpaired) electrons. The average molecular weight is 277 g/mol. The number of aliphatic hydroxyl groups excluding tert-OH is 2. The molecule has 1 heterocycles. The fourth-order valence-electron chi connectivity index (χ4n) is 1.25. The lowest BCUT2D eigenvalue weighted by atomic mass is 10.0. The molecule has 0 spiro atoms. The lowest BCUT2D eigenvalue weighted by Crippen LogP contribution is -2.19. The van der Waals surface area contributed by atoms with E-state index in [-0.39, 0.29) is 23.7 Å². The fraction of sp³-hybridized carbons (Fsp3) is 0.444. The number of pyridine rings is 1. The Morgan fingerprint density at radius 2 is 2.18 bits per heavy atom. The van der Waals surface area contributed by atoms with Crippen LogP contribution in [0.4, 0.5) is 0 Å². The quantitative estimate of drug-likeness (QED) is 0.374. The van der Waals surface area contributed by atoms with Crippen molar-refractivity contribution in [3.05, 3.63) is 38.4 Å². The predicted molar refractivity (Wildman–Crippen MR) is 63.9 cm³/mol. The van der Waals surface area contributed by atoms with Gasteiger partial charge in [0.05, 0.1) is 11.1 Å². The summed E-state index contributed by atoms with van der Waals surface area (Å²) in [5.74, 6) is 0. The Hall–Kier alpha value is -1.04. The van der Waals surface area contributed by atoms with Gasteiger partial charge in [0, 0.05) is 23.2 Å². The van der Waals surface area contributed by atoms with Gasteiger partial charge in [-0.1, -0.05) is 28.3 Å². The summed E-state index contributed by atoms with van der Waals surface area (Å²) in [6, 6.07) is 1.43. The van der Waals surface area contributed by atoms with Crippen LogP contribution in [0.1, 0.15) is 18.1 Å². The van der Waals surface area contributed by atoms with Crippen molar-refractivity contribution in [2.75, 3.05) is 6.54 Å². The first-order valence-electron chi connectivity index (χ1n) is 4.74. The maximum absolute atomic E-state index is 9.83. The van der Waals surface area contributed by atoms with Crippen molar-refractivity contribution in [1.29, 1.82) is 0 Å². The molecule has 0 aromatic carbocycles. The van der Waals surface area contributed by atoms with Crippen molar-refractivity contribution < 1.29 is 10.2 Å². The normalized spacial score (nSPS) is 13.9. The van der Waals surface area contributed by atoms with Crippen LogP contribution in [0.2, 0.25) is 10.2 Å². The van der Waals surface area contributed by atoms with Gasteiger partial charge in [-0.3, -0.25) is 0 Å². The van der Waals surface area contributed by atoms with E-state index in [0.717, 1.165) is 0 Å². The molecule has 0 aliphatic rings. The maximum atomic E-state index is 9.83. The minimum absolute atomic E-state index is 0.0738. The number of aromatic nitrogens is 1. The smallest absolute Gasteiger partial charge is 0.135 e. The highest BCUT2D eigenvalue weighted by Crippen LogP contribution is 2.27. The molecule has 17 heavy (non-hydrogen) atoms. The second-order valence-electron chi connectivity index (χ2n) is 3.29. The Morgan fingerprint density at radius 1 is 1.47 bits per heavy atom. The first kappa shape index (κ1) is 14.0. The molecule has 0 aliphatic heterocycles. The van der Waals surface area contributed by atoms with E-state index >= 15 is 0 Å². The van der Waals surface area contributed by atoms with Crippen LogP contribution in [0, 0.1) is 0 Å². The van der Waals surface area contributed by atoms with Crippen LogP contribution >= 0.6 is 23.2 Å². The molecule has 6 nitrogen and oxygen atoms in total. The number of aliphatic hydroxyl groups is 2. The Balaban J connectivity index is 2.76. The second kappa shape index (κ2) is 6.64. The number of azide groups is 1. The Kier molecular flexibility index (Phi) is 5.47. The molecule has 2 unspecified atom stereocenters. The van der Waals surface area contributed by atoms with Crippen molar-refractivity contribution >= 4 is 23.2 Å². The SMILES string of the molecule is [N-]=[N+]=NCCC(O)C(O)c1cc(Cl)cnc1Cl. The number of hydrogen-bond acceptors (Lipinski definition) is 4. The van der Waals surface area contributed by atoms with Gasteiger partial charge in [0.25, 0.3) is 0 Å². The van der Waals surface area contributed by atoms with Gasteiger partial charge >= 0.3 is 0 Å². The monoisotopic (exact) mass is 276 g/mol. The summed E-state index contributed by atoms with van der Waals surface area (Å²) in [5, 5.41) is 23.1. The predicted octanol–water partition coefficient (Wildman–Crippen LogP) is 2.48. The summed E-state index contributed by atoms with van der Waals surface area (Å²) in [6.45, 7) is 0.0837. The van der Waals surface area contributed by atoms with E-state index in [9.17, 15) is 10.2 Å². The van der Waals surface area contributed by atoms with E-state index in [1.807, 2.05) is 0 Å². The number of halogens is 2. The zero-order valence-electron chi connectivity index (χ0n) is 8.66. The first-order chi connectivity index (χ1) is 8.06. The van der Waals surface area contributed by atoms with E-state index in [0.29, 0.717) is 5.02 Å². The number of nitrogens with zero attached hydrogens (tertiary/aromatic N) is 4. The molecule has 2 N–H and O–H groups in total. The minimum atomic E-state index is -1.22.